The van der Waals surface area contributed by atoms with Crippen molar-refractivity contribution in [2.24, 2.45) is 0 Å². The molecule has 1 aliphatic heterocycles. The Morgan fingerprint density at radius 2 is 2.14 bits per heavy atom. The molecule has 6 heteroatoms. The van der Waals surface area contributed by atoms with Crippen molar-refractivity contribution in [3.05, 3.63) is 35.0 Å². The van der Waals surface area contributed by atoms with Crippen molar-refractivity contribution in [3.8, 4) is 0 Å². The van der Waals surface area contributed by atoms with Crippen LogP contribution in [0, 0.1) is 0 Å². The molecule has 0 aliphatic carbocycles. The number of methoxy groups -OCH3 is 1. The van der Waals surface area contributed by atoms with Crippen LogP contribution in [0.2, 0.25) is 5.02 Å². The van der Waals surface area contributed by atoms with Crippen molar-refractivity contribution in [2.75, 3.05) is 38.3 Å². The number of pyridine rings is 1. The van der Waals surface area contributed by atoms with Crippen LogP contribution in [0.5, 0.6) is 0 Å². The number of hydrogen-bond donors (Lipinski definition) is 0. The van der Waals surface area contributed by atoms with E-state index in [1.165, 1.54) is 7.11 Å². The predicted octanol–water partition coefficient (Wildman–Crippen LogP) is 2.51. The van der Waals surface area contributed by atoms with Crippen LogP contribution < -0.4 is 4.90 Å². The SMILES string of the molecule is COC(=O)c1ccnc2cc(Cl)c(N3CCOCC3)cc12. The van der Waals surface area contributed by atoms with Crippen molar-refractivity contribution >= 4 is 34.2 Å². The van der Waals surface area contributed by atoms with Crippen LogP contribution in [0.4, 0.5) is 5.69 Å². The fraction of sp³-hybridized carbons (Fsp3) is 0.333. The van der Waals surface area contributed by atoms with E-state index in [0.29, 0.717) is 29.3 Å². The topological polar surface area (TPSA) is 51.7 Å². The Balaban J connectivity index is 2.13. The number of esters is 1. The van der Waals surface area contributed by atoms with E-state index in [0.717, 1.165) is 24.2 Å². The molecule has 0 radical (unpaired) electrons. The molecule has 3 rings (SSSR count). The number of carbonyl (C=O) groups excluding carboxylic acids is 1. The minimum Gasteiger partial charge on any atom is -0.465 e. The van der Waals surface area contributed by atoms with Crippen LogP contribution in [0.1, 0.15) is 10.4 Å². The van der Waals surface area contributed by atoms with E-state index in [4.69, 9.17) is 21.1 Å². The van der Waals surface area contributed by atoms with Crippen LogP contribution in [-0.4, -0.2) is 44.4 Å². The Bertz CT molecular complexity index is 684. The summed E-state index contributed by atoms with van der Waals surface area (Å²) in [7, 11) is 1.37. The fourth-order valence-electron chi connectivity index (χ4n) is 2.49. The zero-order chi connectivity index (χ0) is 14.8. The van der Waals surface area contributed by atoms with Gasteiger partial charge in [-0.1, -0.05) is 11.6 Å². The molecule has 1 aromatic heterocycles. The molecule has 0 unspecified atom stereocenters. The summed E-state index contributed by atoms with van der Waals surface area (Å²) in [6, 6.07) is 5.35. The number of rotatable bonds is 2. The summed E-state index contributed by atoms with van der Waals surface area (Å²) < 4.78 is 10.2. The van der Waals surface area contributed by atoms with Crippen molar-refractivity contribution in [1.29, 1.82) is 0 Å². The molecule has 110 valence electrons. The largest absolute Gasteiger partial charge is 0.465 e. The van der Waals surface area contributed by atoms with Gasteiger partial charge in [0.15, 0.2) is 0 Å². The van der Waals surface area contributed by atoms with Gasteiger partial charge in [0.1, 0.15) is 0 Å². The van der Waals surface area contributed by atoms with Gasteiger partial charge in [0.2, 0.25) is 0 Å². The second-order valence-electron chi connectivity index (χ2n) is 4.77. The average molecular weight is 307 g/mol. The first-order valence-corrected chi connectivity index (χ1v) is 7.08. The van der Waals surface area contributed by atoms with Gasteiger partial charge >= 0.3 is 5.97 Å². The lowest BCUT2D eigenvalue weighted by Gasteiger charge is -2.29. The molecule has 21 heavy (non-hydrogen) atoms. The molecule has 0 amide bonds. The van der Waals surface area contributed by atoms with Crippen LogP contribution in [0.15, 0.2) is 24.4 Å². The smallest absolute Gasteiger partial charge is 0.338 e. The van der Waals surface area contributed by atoms with E-state index in [1.54, 1.807) is 18.3 Å². The predicted molar refractivity (Wildman–Crippen MR) is 81.1 cm³/mol. The molecule has 0 spiro atoms. The highest BCUT2D eigenvalue weighted by atomic mass is 35.5. The standard InChI is InChI=1S/C15H15ClN2O3/c1-20-15(19)10-2-3-17-13-9-12(16)14(8-11(10)13)18-4-6-21-7-5-18/h2-3,8-9H,4-7H2,1H3. The van der Waals surface area contributed by atoms with Gasteiger partial charge in [-0.25, -0.2) is 4.79 Å². The van der Waals surface area contributed by atoms with Crippen molar-refractivity contribution in [3.63, 3.8) is 0 Å². The number of halogens is 1. The summed E-state index contributed by atoms with van der Waals surface area (Å²) in [5.41, 5.74) is 2.07. The molecule has 2 heterocycles. The molecular weight excluding hydrogens is 292 g/mol. The quantitative estimate of drug-likeness (QED) is 0.798. The Morgan fingerprint density at radius 3 is 2.86 bits per heavy atom. The highest BCUT2D eigenvalue weighted by Crippen LogP contribution is 2.32. The minimum absolute atomic E-state index is 0.377. The van der Waals surface area contributed by atoms with Crippen molar-refractivity contribution in [1.82, 2.24) is 4.98 Å². The maximum absolute atomic E-state index is 11.9. The van der Waals surface area contributed by atoms with E-state index in [9.17, 15) is 4.79 Å². The number of fused-ring (bicyclic) bond motifs is 1. The minimum atomic E-state index is -0.377. The van der Waals surface area contributed by atoms with Gasteiger partial charge in [0.25, 0.3) is 0 Å². The second kappa shape index (κ2) is 5.87. The number of morpholine rings is 1. The molecule has 0 bridgehead atoms. The number of anilines is 1. The molecule has 1 aromatic carbocycles. The summed E-state index contributed by atoms with van der Waals surface area (Å²) in [6.07, 6.45) is 1.58. The highest BCUT2D eigenvalue weighted by molar-refractivity contribution is 6.34. The summed E-state index contributed by atoms with van der Waals surface area (Å²) in [5.74, 6) is -0.377. The molecule has 5 nitrogen and oxygen atoms in total. The van der Waals surface area contributed by atoms with Crippen molar-refractivity contribution in [2.45, 2.75) is 0 Å². The number of ether oxygens (including phenoxy) is 2. The molecule has 1 fully saturated rings. The van der Waals surface area contributed by atoms with Gasteiger partial charge in [0, 0.05) is 24.7 Å². The van der Waals surface area contributed by atoms with E-state index >= 15 is 0 Å². The lowest BCUT2D eigenvalue weighted by molar-refractivity contribution is 0.0603. The Kier molecular flexibility index (Phi) is 3.94. The maximum Gasteiger partial charge on any atom is 0.338 e. The number of hydrogen-bond acceptors (Lipinski definition) is 5. The van der Waals surface area contributed by atoms with Crippen LogP contribution in [0.25, 0.3) is 10.9 Å². The number of benzene rings is 1. The Labute approximate surface area is 127 Å². The monoisotopic (exact) mass is 306 g/mol. The van der Waals surface area contributed by atoms with Crippen LogP contribution >= 0.6 is 11.6 Å². The first-order valence-electron chi connectivity index (χ1n) is 6.70. The molecule has 0 N–H and O–H groups in total. The summed E-state index contributed by atoms with van der Waals surface area (Å²) in [4.78, 5) is 18.3. The number of carbonyl (C=O) groups is 1. The molecular formula is C15H15ClN2O3. The number of aromatic nitrogens is 1. The zero-order valence-electron chi connectivity index (χ0n) is 11.6. The van der Waals surface area contributed by atoms with Crippen LogP contribution in [0.3, 0.4) is 0 Å². The van der Waals surface area contributed by atoms with E-state index in [-0.39, 0.29) is 5.97 Å². The Hall–Kier alpha value is -1.85. The third kappa shape index (κ3) is 2.66. The molecule has 0 saturated carbocycles. The zero-order valence-corrected chi connectivity index (χ0v) is 12.4. The first-order chi connectivity index (χ1) is 10.2. The lowest BCUT2D eigenvalue weighted by Crippen LogP contribution is -2.36. The molecule has 2 aromatic rings. The third-order valence-corrected chi connectivity index (χ3v) is 3.87. The van der Waals surface area contributed by atoms with Gasteiger partial charge in [-0.3, -0.25) is 4.98 Å². The maximum atomic E-state index is 11.9. The van der Waals surface area contributed by atoms with E-state index < -0.39 is 0 Å². The second-order valence-corrected chi connectivity index (χ2v) is 5.18. The molecule has 0 atom stereocenters. The van der Waals surface area contributed by atoms with Gasteiger partial charge < -0.3 is 14.4 Å². The fourth-order valence-corrected chi connectivity index (χ4v) is 2.77. The van der Waals surface area contributed by atoms with E-state index in [2.05, 4.69) is 9.88 Å². The lowest BCUT2D eigenvalue weighted by atomic mass is 10.1. The van der Waals surface area contributed by atoms with Gasteiger partial charge in [-0.15, -0.1) is 0 Å². The summed E-state index contributed by atoms with van der Waals surface area (Å²) in [6.45, 7) is 2.90. The summed E-state index contributed by atoms with van der Waals surface area (Å²) >= 11 is 6.36. The van der Waals surface area contributed by atoms with Crippen LogP contribution in [-0.2, 0) is 9.47 Å². The normalized spacial score (nSPS) is 15.2. The van der Waals surface area contributed by atoms with E-state index in [1.807, 2.05) is 6.07 Å². The number of nitrogens with zero attached hydrogens (tertiary/aromatic N) is 2. The summed E-state index contributed by atoms with van der Waals surface area (Å²) in [5, 5.41) is 1.37. The third-order valence-electron chi connectivity index (χ3n) is 3.57. The van der Waals surface area contributed by atoms with Gasteiger partial charge in [0.05, 0.1) is 42.1 Å². The highest BCUT2D eigenvalue weighted by Gasteiger charge is 2.18. The molecule has 1 aliphatic rings. The van der Waals surface area contributed by atoms with Gasteiger partial charge in [-0.05, 0) is 18.2 Å². The Morgan fingerprint density at radius 1 is 1.38 bits per heavy atom. The van der Waals surface area contributed by atoms with Gasteiger partial charge in [-0.2, -0.15) is 0 Å². The average Bonchev–Trinajstić information content (AvgIpc) is 2.53. The molecule has 1 saturated heterocycles. The first kappa shape index (κ1) is 14.1. The van der Waals surface area contributed by atoms with Crippen molar-refractivity contribution < 1.29 is 14.3 Å².